The number of esters is 1. The number of carboxylic acid groups (broad SMARTS) is 1. The van der Waals surface area contributed by atoms with Gasteiger partial charge in [0.05, 0.1) is 24.0 Å². The zero-order chi connectivity index (χ0) is 41.1. The van der Waals surface area contributed by atoms with Crippen molar-refractivity contribution in [3.63, 3.8) is 0 Å². The second-order valence-corrected chi connectivity index (χ2v) is 15.7. The monoisotopic (exact) mass is 799 g/mol. The van der Waals surface area contributed by atoms with Crippen LogP contribution in [0.25, 0.3) is 0 Å². The molecule has 0 saturated heterocycles. The largest absolute Gasteiger partial charge is 0.493 e. The fourth-order valence-electron chi connectivity index (χ4n) is 5.58. The number of rotatable bonds is 20. The van der Waals surface area contributed by atoms with Crippen LogP contribution >= 0.6 is 0 Å². The van der Waals surface area contributed by atoms with E-state index in [4.69, 9.17) is 14.2 Å². The first kappa shape index (κ1) is 44.8. The van der Waals surface area contributed by atoms with Crippen molar-refractivity contribution in [2.24, 2.45) is 11.3 Å². The van der Waals surface area contributed by atoms with Crippen LogP contribution in [-0.4, -0.2) is 130 Å². The Labute approximate surface area is 317 Å². The molecule has 19 nitrogen and oxygen atoms in total. The molecule has 0 bridgehead atoms. The number of hydrogen-bond acceptors (Lipinski definition) is 14. The standard InChI is InChI=1S/C35H49N3O16S/c1-35(2,3)34(48)53-18-20-9-10-21(54-25-17-22(33(46)47)29(42)31(44)30(25)43)16-24(20)52-15-7-13-36-32(45)23(19-55(49,50)51)37-26(39)8-5-4-6-14-38-27(40)11-12-28(38)41/h9-12,16,22-23,25,29-31,42-44H,4-8,13-15,17-19H2,1-3H3,(H,36,45)(H,37,39)(H,46,47)(H,49,50,51)/t22-,23-,25+,29+,30-,31-/m0/s1. The van der Waals surface area contributed by atoms with E-state index in [0.29, 0.717) is 24.8 Å². The van der Waals surface area contributed by atoms with Crippen molar-refractivity contribution in [1.82, 2.24) is 15.5 Å². The summed E-state index contributed by atoms with van der Waals surface area (Å²) in [6, 6.07) is 2.72. The van der Waals surface area contributed by atoms with E-state index in [2.05, 4.69) is 10.6 Å². The fraction of sp³-hybridized carbons (Fsp3) is 0.600. The minimum atomic E-state index is -4.69. The van der Waals surface area contributed by atoms with Crippen molar-refractivity contribution >= 4 is 45.7 Å². The molecule has 0 spiro atoms. The lowest BCUT2D eigenvalue weighted by Gasteiger charge is -2.38. The van der Waals surface area contributed by atoms with Gasteiger partial charge in [0, 0.05) is 49.7 Å². The zero-order valence-corrected chi connectivity index (χ0v) is 31.5. The van der Waals surface area contributed by atoms with Gasteiger partial charge in [-0.1, -0.05) is 6.42 Å². The van der Waals surface area contributed by atoms with E-state index in [-0.39, 0.29) is 57.1 Å². The predicted molar refractivity (Wildman–Crippen MR) is 190 cm³/mol. The summed E-state index contributed by atoms with van der Waals surface area (Å²) in [7, 11) is -4.69. The van der Waals surface area contributed by atoms with Crippen LogP contribution in [0.15, 0.2) is 30.4 Å². The minimum absolute atomic E-state index is 0.0675. The Morgan fingerprint density at radius 1 is 0.964 bits per heavy atom. The number of aliphatic hydroxyl groups is 3. The number of unbranched alkanes of at least 4 members (excludes halogenated alkanes) is 2. The quantitative estimate of drug-likeness (QED) is 0.0377. The highest BCUT2D eigenvalue weighted by molar-refractivity contribution is 7.85. The summed E-state index contributed by atoms with van der Waals surface area (Å²) < 4.78 is 49.7. The summed E-state index contributed by atoms with van der Waals surface area (Å²) >= 11 is 0. The predicted octanol–water partition coefficient (Wildman–Crippen LogP) is -0.546. The maximum absolute atomic E-state index is 12.9. The molecule has 3 rings (SSSR count). The fourth-order valence-corrected chi connectivity index (χ4v) is 6.24. The number of carbonyl (C=O) groups excluding carboxylic acids is 5. The number of benzene rings is 1. The lowest BCUT2D eigenvalue weighted by atomic mass is 9.81. The molecule has 7 N–H and O–H groups in total. The van der Waals surface area contributed by atoms with Crippen LogP contribution in [0.5, 0.6) is 11.5 Å². The normalized spacial score (nSPS) is 21.9. The highest BCUT2D eigenvalue weighted by atomic mass is 32.2. The van der Waals surface area contributed by atoms with Gasteiger partial charge < -0.3 is 45.3 Å². The summed E-state index contributed by atoms with van der Waals surface area (Å²) in [5.41, 5.74) is -0.419. The molecule has 1 aromatic rings. The summed E-state index contributed by atoms with van der Waals surface area (Å²) in [6.07, 6.45) is -3.11. The number of amides is 4. The second-order valence-electron chi connectivity index (χ2n) is 14.2. The highest BCUT2D eigenvalue weighted by Crippen LogP contribution is 2.32. The van der Waals surface area contributed by atoms with E-state index in [1.807, 2.05) is 0 Å². The lowest BCUT2D eigenvalue weighted by Crippen LogP contribution is -2.57. The van der Waals surface area contributed by atoms with Gasteiger partial charge in [-0.25, -0.2) is 0 Å². The number of carboxylic acids is 1. The molecule has 2 aliphatic rings. The molecular weight excluding hydrogens is 750 g/mol. The molecule has 0 unspecified atom stereocenters. The van der Waals surface area contributed by atoms with Crippen LogP contribution in [-0.2, 0) is 50.2 Å². The average Bonchev–Trinajstić information content (AvgIpc) is 3.41. The Kier molecular flexibility index (Phi) is 16.1. The van der Waals surface area contributed by atoms with Crippen molar-refractivity contribution in [3.8, 4) is 11.5 Å². The average molecular weight is 800 g/mol. The molecule has 6 atom stereocenters. The van der Waals surface area contributed by atoms with Gasteiger partial charge in [-0.15, -0.1) is 0 Å². The number of nitrogens with zero attached hydrogens (tertiary/aromatic N) is 1. The second kappa shape index (κ2) is 19.8. The Bertz CT molecular complexity index is 1690. The van der Waals surface area contributed by atoms with E-state index in [0.717, 1.165) is 17.1 Å². The van der Waals surface area contributed by atoms with Crippen LogP contribution in [0.4, 0.5) is 0 Å². The molecule has 20 heteroatoms. The van der Waals surface area contributed by atoms with Gasteiger partial charge in [0.2, 0.25) is 11.8 Å². The van der Waals surface area contributed by atoms with Crippen molar-refractivity contribution in [2.75, 3.05) is 25.4 Å². The number of hydrogen-bond donors (Lipinski definition) is 7. The van der Waals surface area contributed by atoms with E-state index in [9.17, 15) is 62.2 Å². The number of carbonyl (C=O) groups is 6. The first-order valence-electron chi connectivity index (χ1n) is 17.6. The number of aliphatic hydroxyl groups excluding tert-OH is 3. The van der Waals surface area contributed by atoms with Gasteiger partial charge in [0.1, 0.15) is 48.2 Å². The van der Waals surface area contributed by atoms with Gasteiger partial charge in [-0.05, 0) is 52.2 Å². The van der Waals surface area contributed by atoms with Crippen molar-refractivity contribution in [3.05, 3.63) is 35.9 Å². The first-order valence-corrected chi connectivity index (χ1v) is 19.2. The highest BCUT2D eigenvalue weighted by Gasteiger charge is 2.47. The molecule has 1 fully saturated rings. The molecule has 0 aromatic heterocycles. The summed E-state index contributed by atoms with van der Waals surface area (Å²) in [6.45, 7) is 4.82. The van der Waals surface area contributed by atoms with Crippen LogP contribution in [0, 0.1) is 11.3 Å². The molecule has 0 radical (unpaired) electrons. The molecule has 1 saturated carbocycles. The molecule has 4 amide bonds. The summed E-state index contributed by atoms with van der Waals surface area (Å²) in [4.78, 5) is 73.7. The third-order valence-corrected chi connectivity index (χ3v) is 9.44. The summed E-state index contributed by atoms with van der Waals surface area (Å²) in [5, 5.41) is 45.0. The van der Waals surface area contributed by atoms with E-state index in [1.165, 1.54) is 18.2 Å². The SMILES string of the molecule is CC(C)(C)C(=O)OCc1ccc(O[C@@H]2C[C@H](C(=O)O)[C@@H](O)[C@H](O)[C@H]2O)cc1OCCCNC(=O)[C@H](CS(=O)(=O)O)NC(=O)CCCCCN1C(=O)C=CC1=O. The van der Waals surface area contributed by atoms with E-state index >= 15 is 0 Å². The van der Waals surface area contributed by atoms with Crippen LogP contribution in [0.3, 0.4) is 0 Å². The van der Waals surface area contributed by atoms with Crippen molar-refractivity contribution < 1.29 is 76.4 Å². The Hall–Kier alpha value is -4.63. The topological polar surface area (TPSA) is 293 Å². The number of imide groups is 1. The van der Waals surface area contributed by atoms with Gasteiger partial charge >= 0.3 is 11.9 Å². The lowest BCUT2D eigenvalue weighted by molar-refractivity contribution is -0.174. The molecule has 55 heavy (non-hydrogen) atoms. The van der Waals surface area contributed by atoms with Gasteiger partial charge in [0.25, 0.3) is 21.9 Å². The Balaban J connectivity index is 1.57. The minimum Gasteiger partial charge on any atom is -0.493 e. The third-order valence-electron chi connectivity index (χ3n) is 8.69. The molecule has 1 aliphatic heterocycles. The summed E-state index contributed by atoms with van der Waals surface area (Å²) in [5.74, 6) is -6.54. The molecule has 1 heterocycles. The van der Waals surface area contributed by atoms with Crippen LogP contribution in [0.2, 0.25) is 0 Å². The smallest absolute Gasteiger partial charge is 0.311 e. The first-order chi connectivity index (χ1) is 25.7. The molecule has 306 valence electrons. The zero-order valence-electron chi connectivity index (χ0n) is 30.7. The van der Waals surface area contributed by atoms with Gasteiger partial charge in [-0.2, -0.15) is 8.42 Å². The van der Waals surface area contributed by atoms with Gasteiger partial charge in [-0.3, -0.25) is 38.2 Å². The molecule has 1 aromatic carbocycles. The number of nitrogens with one attached hydrogen (secondary N) is 2. The molecule has 1 aliphatic carbocycles. The maximum atomic E-state index is 12.9. The van der Waals surface area contributed by atoms with Crippen LogP contribution in [0.1, 0.15) is 64.9 Å². The number of ether oxygens (including phenoxy) is 3. The maximum Gasteiger partial charge on any atom is 0.311 e. The van der Waals surface area contributed by atoms with Crippen LogP contribution < -0.4 is 20.1 Å². The van der Waals surface area contributed by atoms with Crippen molar-refractivity contribution in [2.45, 2.75) is 96.4 Å². The van der Waals surface area contributed by atoms with E-state index in [1.54, 1.807) is 20.8 Å². The molecular formula is C35H49N3O16S. The van der Waals surface area contributed by atoms with Crippen molar-refractivity contribution in [1.29, 1.82) is 0 Å². The third kappa shape index (κ3) is 13.9. The van der Waals surface area contributed by atoms with E-state index < -0.39 is 93.2 Å². The Morgan fingerprint density at radius 3 is 2.25 bits per heavy atom. The Morgan fingerprint density at radius 2 is 1.64 bits per heavy atom. The number of aliphatic carboxylic acids is 1. The van der Waals surface area contributed by atoms with Gasteiger partial charge in [0.15, 0.2) is 0 Å².